The number of rotatable bonds is 4. The van der Waals surface area contributed by atoms with Crippen molar-refractivity contribution >= 4 is 0 Å². The van der Waals surface area contributed by atoms with Crippen LogP contribution < -0.4 is 5.32 Å². The van der Waals surface area contributed by atoms with Crippen molar-refractivity contribution in [3.63, 3.8) is 0 Å². The van der Waals surface area contributed by atoms with Crippen LogP contribution in [0, 0.1) is 5.92 Å². The van der Waals surface area contributed by atoms with Crippen molar-refractivity contribution < 1.29 is 0 Å². The molecule has 1 aliphatic heterocycles. The first-order valence-corrected chi connectivity index (χ1v) is 5.49. The molecule has 0 amide bonds. The van der Waals surface area contributed by atoms with Gasteiger partial charge in [-0.05, 0) is 32.5 Å². The molecule has 1 aliphatic rings. The molecule has 2 rings (SSSR count). The average molecular weight is 206 g/mol. The zero-order chi connectivity index (χ0) is 10.5. The van der Waals surface area contributed by atoms with Gasteiger partial charge in [0.2, 0.25) is 0 Å². The van der Waals surface area contributed by atoms with Gasteiger partial charge in [-0.1, -0.05) is 0 Å². The van der Waals surface area contributed by atoms with Gasteiger partial charge in [0.15, 0.2) is 0 Å². The molecule has 0 aromatic carbocycles. The molecule has 15 heavy (non-hydrogen) atoms. The van der Waals surface area contributed by atoms with E-state index in [1.165, 1.54) is 13.0 Å². The molecule has 1 N–H and O–H groups in total. The van der Waals surface area contributed by atoms with Crippen LogP contribution in [0.25, 0.3) is 0 Å². The molecule has 1 saturated heterocycles. The molecule has 1 unspecified atom stereocenters. The van der Waals surface area contributed by atoms with Crippen LogP contribution in [0.4, 0.5) is 0 Å². The van der Waals surface area contributed by atoms with Crippen LogP contribution in [-0.4, -0.2) is 41.5 Å². The van der Waals surface area contributed by atoms with Gasteiger partial charge in [-0.25, -0.2) is 0 Å². The number of hydrogen-bond acceptors (Lipinski definition) is 4. The normalized spacial score (nSPS) is 21.1. The number of nitrogens with zero attached hydrogens (tertiary/aromatic N) is 3. The Morgan fingerprint density at radius 2 is 2.47 bits per heavy atom. The maximum atomic E-state index is 4.27. The molecule has 1 aromatic heterocycles. The van der Waals surface area contributed by atoms with Gasteiger partial charge in [-0.15, -0.1) is 0 Å². The van der Waals surface area contributed by atoms with Gasteiger partial charge in [-0.3, -0.25) is 9.97 Å². The van der Waals surface area contributed by atoms with Crippen LogP contribution in [0.1, 0.15) is 12.1 Å². The molecule has 0 aliphatic carbocycles. The van der Waals surface area contributed by atoms with Crippen molar-refractivity contribution in [2.75, 3.05) is 26.7 Å². The lowest BCUT2D eigenvalue weighted by atomic mass is 10.1. The molecule has 82 valence electrons. The minimum Gasteiger partial charge on any atom is -0.316 e. The molecule has 0 bridgehead atoms. The zero-order valence-corrected chi connectivity index (χ0v) is 9.19. The molecule has 1 atom stereocenters. The summed E-state index contributed by atoms with van der Waals surface area (Å²) in [6.07, 6.45) is 6.60. The van der Waals surface area contributed by atoms with Gasteiger partial charge in [0, 0.05) is 31.7 Å². The molecule has 1 aromatic rings. The summed E-state index contributed by atoms with van der Waals surface area (Å²) in [5, 5.41) is 3.39. The van der Waals surface area contributed by atoms with Crippen LogP contribution in [0.3, 0.4) is 0 Å². The van der Waals surface area contributed by atoms with E-state index in [1.54, 1.807) is 12.4 Å². The fraction of sp³-hybridized carbons (Fsp3) is 0.636. The Balaban J connectivity index is 1.79. The van der Waals surface area contributed by atoms with Gasteiger partial charge in [0.05, 0.1) is 5.69 Å². The molecule has 0 spiro atoms. The quantitative estimate of drug-likeness (QED) is 0.779. The second-order valence-electron chi connectivity index (χ2n) is 4.25. The summed E-state index contributed by atoms with van der Waals surface area (Å²) in [4.78, 5) is 10.7. The van der Waals surface area contributed by atoms with Gasteiger partial charge in [0.1, 0.15) is 0 Å². The van der Waals surface area contributed by atoms with Gasteiger partial charge < -0.3 is 10.2 Å². The molecule has 1 fully saturated rings. The third-order valence-electron chi connectivity index (χ3n) is 2.78. The molecular weight excluding hydrogens is 188 g/mol. The average Bonchev–Trinajstić information content (AvgIpc) is 2.71. The van der Waals surface area contributed by atoms with E-state index in [1.807, 2.05) is 6.20 Å². The highest BCUT2D eigenvalue weighted by Gasteiger charge is 2.16. The Morgan fingerprint density at radius 3 is 3.13 bits per heavy atom. The summed E-state index contributed by atoms with van der Waals surface area (Å²) >= 11 is 0. The Hall–Kier alpha value is -1.00. The SMILES string of the molecule is CN(Cc1cnccn1)CC1CCNC1. The van der Waals surface area contributed by atoms with E-state index in [2.05, 4.69) is 27.2 Å². The van der Waals surface area contributed by atoms with Gasteiger partial charge in [-0.2, -0.15) is 0 Å². The topological polar surface area (TPSA) is 41.1 Å². The van der Waals surface area contributed by atoms with Crippen molar-refractivity contribution in [3.8, 4) is 0 Å². The number of hydrogen-bond donors (Lipinski definition) is 1. The Morgan fingerprint density at radius 1 is 1.53 bits per heavy atom. The maximum Gasteiger partial charge on any atom is 0.0726 e. The van der Waals surface area contributed by atoms with Crippen LogP contribution >= 0.6 is 0 Å². The lowest BCUT2D eigenvalue weighted by molar-refractivity contribution is 0.275. The highest BCUT2D eigenvalue weighted by atomic mass is 15.1. The largest absolute Gasteiger partial charge is 0.316 e. The highest BCUT2D eigenvalue weighted by Crippen LogP contribution is 2.09. The fourth-order valence-electron chi connectivity index (χ4n) is 2.06. The van der Waals surface area contributed by atoms with E-state index < -0.39 is 0 Å². The van der Waals surface area contributed by atoms with E-state index >= 15 is 0 Å². The molecular formula is C11H18N4. The Bertz CT molecular complexity index is 282. The van der Waals surface area contributed by atoms with Crippen molar-refractivity contribution in [1.82, 2.24) is 20.2 Å². The van der Waals surface area contributed by atoms with E-state index in [0.29, 0.717) is 0 Å². The summed E-state index contributed by atoms with van der Waals surface area (Å²) in [6, 6.07) is 0. The molecule has 0 saturated carbocycles. The Kier molecular flexibility index (Phi) is 3.64. The second-order valence-corrected chi connectivity index (χ2v) is 4.25. The number of aromatic nitrogens is 2. The lowest BCUT2D eigenvalue weighted by Gasteiger charge is -2.19. The van der Waals surface area contributed by atoms with E-state index in [9.17, 15) is 0 Å². The molecule has 4 heteroatoms. The first-order valence-electron chi connectivity index (χ1n) is 5.49. The van der Waals surface area contributed by atoms with Crippen LogP contribution in [-0.2, 0) is 6.54 Å². The standard InChI is InChI=1S/C11H18N4/c1-15(8-10-2-3-12-6-10)9-11-7-13-4-5-14-11/h4-5,7,10,12H,2-3,6,8-9H2,1H3. The van der Waals surface area contributed by atoms with Crippen molar-refractivity contribution in [2.24, 2.45) is 5.92 Å². The molecule has 2 heterocycles. The third-order valence-corrected chi connectivity index (χ3v) is 2.78. The molecule has 0 radical (unpaired) electrons. The lowest BCUT2D eigenvalue weighted by Crippen LogP contribution is -2.27. The van der Waals surface area contributed by atoms with Crippen molar-refractivity contribution in [1.29, 1.82) is 0 Å². The van der Waals surface area contributed by atoms with Crippen LogP contribution in [0.2, 0.25) is 0 Å². The molecule has 4 nitrogen and oxygen atoms in total. The van der Waals surface area contributed by atoms with Crippen molar-refractivity contribution in [3.05, 3.63) is 24.3 Å². The van der Waals surface area contributed by atoms with Crippen molar-refractivity contribution in [2.45, 2.75) is 13.0 Å². The minimum atomic E-state index is 0.798. The Labute approximate surface area is 90.7 Å². The predicted molar refractivity (Wildman–Crippen MR) is 59.3 cm³/mol. The van der Waals surface area contributed by atoms with Gasteiger partial charge in [0.25, 0.3) is 0 Å². The van der Waals surface area contributed by atoms with E-state index in [-0.39, 0.29) is 0 Å². The summed E-state index contributed by atoms with van der Waals surface area (Å²) in [5.74, 6) is 0.798. The first kappa shape index (κ1) is 10.5. The predicted octanol–water partition coefficient (Wildman–Crippen LogP) is 0.518. The minimum absolute atomic E-state index is 0.798. The summed E-state index contributed by atoms with van der Waals surface area (Å²) in [7, 11) is 2.15. The summed E-state index contributed by atoms with van der Waals surface area (Å²) in [6.45, 7) is 4.36. The van der Waals surface area contributed by atoms with E-state index in [0.717, 1.165) is 31.2 Å². The smallest absolute Gasteiger partial charge is 0.0726 e. The van der Waals surface area contributed by atoms with Gasteiger partial charge >= 0.3 is 0 Å². The van der Waals surface area contributed by atoms with E-state index in [4.69, 9.17) is 0 Å². The monoisotopic (exact) mass is 206 g/mol. The maximum absolute atomic E-state index is 4.27. The fourth-order valence-corrected chi connectivity index (χ4v) is 2.06. The summed E-state index contributed by atoms with van der Waals surface area (Å²) in [5.41, 5.74) is 1.05. The first-order chi connectivity index (χ1) is 7.34. The van der Waals surface area contributed by atoms with Crippen LogP contribution in [0.5, 0.6) is 0 Å². The zero-order valence-electron chi connectivity index (χ0n) is 9.19. The van der Waals surface area contributed by atoms with Crippen LogP contribution in [0.15, 0.2) is 18.6 Å². The highest BCUT2D eigenvalue weighted by molar-refractivity contribution is 4.94. The number of nitrogens with one attached hydrogen (secondary N) is 1. The third kappa shape index (κ3) is 3.25. The second kappa shape index (κ2) is 5.19. The summed E-state index contributed by atoms with van der Waals surface area (Å²) < 4.78 is 0.